The zero-order valence-corrected chi connectivity index (χ0v) is 22.1. The van der Waals surface area contributed by atoms with Gasteiger partial charge in [-0.25, -0.2) is 22.9 Å². The Kier molecular flexibility index (Phi) is 8.45. The first-order chi connectivity index (χ1) is 18.1. The number of urea groups is 1. The standard InChI is InChI=1S/C29H36F3N5O/c1-29(2,3)26(37(14-13-21(33)16-30)28(38)34-22-10-11-22)27-35-25(23-15-20(31)9-12-24(23)32)18-36(27)17-19-7-5-4-6-8-19/h4-9,12,15,18,21-22,26H,10-11,13-14,16-17,33H2,1-3H3,(H,34,38). The lowest BCUT2D eigenvalue weighted by Crippen LogP contribution is -2.49. The lowest BCUT2D eigenvalue weighted by molar-refractivity contribution is 0.105. The quantitative estimate of drug-likeness (QED) is 0.349. The maximum atomic E-state index is 14.8. The number of carbonyl (C=O) groups excluding carboxylic acids is 1. The SMILES string of the molecule is CC(C)(C)C(c1nc(-c2cc(F)ccc2F)cn1Cc1ccccc1)N(CCC(N)CF)C(=O)NC1CC1. The predicted octanol–water partition coefficient (Wildman–Crippen LogP) is 5.82. The second-order valence-electron chi connectivity index (χ2n) is 11.1. The van der Waals surface area contributed by atoms with Gasteiger partial charge in [0.05, 0.1) is 11.7 Å². The van der Waals surface area contributed by atoms with Crippen LogP contribution in [0.3, 0.4) is 0 Å². The summed E-state index contributed by atoms with van der Waals surface area (Å²) in [6.07, 6.45) is 3.79. The van der Waals surface area contributed by atoms with Crippen LogP contribution in [0.25, 0.3) is 11.3 Å². The van der Waals surface area contributed by atoms with E-state index in [9.17, 15) is 18.0 Å². The van der Waals surface area contributed by atoms with Gasteiger partial charge in [0.1, 0.15) is 24.1 Å². The molecule has 1 aliphatic rings. The summed E-state index contributed by atoms with van der Waals surface area (Å²) in [5, 5.41) is 3.05. The Bertz CT molecular complexity index is 1240. The molecule has 1 aromatic heterocycles. The van der Waals surface area contributed by atoms with Crippen LogP contribution in [-0.2, 0) is 6.54 Å². The summed E-state index contributed by atoms with van der Waals surface area (Å²) < 4.78 is 44.0. The summed E-state index contributed by atoms with van der Waals surface area (Å²) in [6, 6.07) is 11.5. The Labute approximate surface area is 222 Å². The highest BCUT2D eigenvalue weighted by atomic mass is 19.1. The molecule has 2 amide bonds. The van der Waals surface area contributed by atoms with Gasteiger partial charge in [-0.05, 0) is 48.4 Å². The van der Waals surface area contributed by atoms with Gasteiger partial charge in [0.2, 0.25) is 0 Å². The van der Waals surface area contributed by atoms with Crippen LogP contribution in [-0.4, -0.2) is 45.8 Å². The number of benzene rings is 2. The lowest BCUT2D eigenvalue weighted by Gasteiger charge is -2.40. The molecule has 0 aliphatic heterocycles. The van der Waals surface area contributed by atoms with E-state index in [2.05, 4.69) is 5.32 Å². The first-order valence-corrected chi connectivity index (χ1v) is 13.0. The van der Waals surface area contributed by atoms with Gasteiger partial charge >= 0.3 is 6.03 Å². The highest BCUT2D eigenvalue weighted by Crippen LogP contribution is 2.40. The van der Waals surface area contributed by atoms with Crippen LogP contribution in [0, 0.1) is 17.0 Å². The monoisotopic (exact) mass is 527 g/mol. The lowest BCUT2D eigenvalue weighted by atomic mass is 9.84. The summed E-state index contributed by atoms with van der Waals surface area (Å²) in [5.41, 5.74) is 6.67. The highest BCUT2D eigenvalue weighted by Gasteiger charge is 2.40. The largest absolute Gasteiger partial charge is 0.335 e. The van der Waals surface area contributed by atoms with Crippen molar-refractivity contribution >= 4 is 6.03 Å². The van der Waals surface area contributed by atoms with Gasteiger partial charge < -0.3 is 20.5 Å². The van der Waals surface area contributed by atoms with Crippen LogP contribution in [0.15, 0.2) is 54.7 Å². The van der Waals surface area contributed by atoms with Crippen molar-refractivity contribution < 1.29 is 18.0 Å². The molecule has 1 saturated carbocycles. The van der Waals surface area contributed by atoms with Crippen molar-refractivity contribution in [1.29, 1.82) is 0 Å². The third-order valence-corrected chi connectivity index (χ3v) is 6.69. The molecule has 0 saturated heterocycles. The van der Waals surface area contributed by atoms with Crippen molar-refractivity contribution in [3.8, 4) is 11.3 Å². The average molecular weight is 528 g/mol. The number of nitrogens with zero attached hydrogens (tertiary/aromatic N) is 3. The van der Waals surface area contributed by atoms with Gasteiger partial charge in [-0.15, -0.1) is 0 Å². The van der Waals surface area contributed by atoms with E-state index in [1.165, 1.54) is 0 Å². The van der Waals surface area contributed by atoms with Crippen LogP contribution in [0.5, 0.6) is 0 Å². The first-order valence-electron chi connectivity index (χ1n) is 13.0. The predicted molar refractivity (Wildman–Crippen MR) is 142 cm³/mol. The minimum Gasteiger partial charge on any atom is -0.335 e. The second kappa shape index (κ2) is 11.6. The molecule has 204 valence electrons. The molecule has 1 heterocycles. The van der Waals surface area contributed by atoms with Crippen molar-refractivity contribution in [2.75, 3.05) is 13.2 Å². The Morgan fingerprint density at radius 2 is 1.89 bits per heavy atom. The number of alkyl halides is 1. The average Bonchev–Trinajstić information content (AvgIpc) is 3.60. The van der Waals surface area contributed by atoms with Gasteiger partial charge in [-0.3, -0.25) is 0 Å². The topological polar surface area (TPSA) is 76.2 Å². The smallest absolute Gasteiger partial charge is 0.318 e. The maximum absolute atomic E-state index is 14.8. The van der Waals surface area contributed by atoms with Crippen molar-refractivity contribution in [1.82, 2.24) is 19.8 Å². The molecule has 38 heavy (non-hydrogen) atoms. The maximum Gasteiger partial charge on any atom is 0.318 e. The molecule has 3 N–H and O–H groups in total. The number of hydrogen-bond acceptors (Lipinski definition) is 3. The Balaban J connectivity index is 1.83. The Hall–Kier alpha value is -3.33. The molecule has 2 atom stereocenters. The van der Waals surface area contributed by atoms with Crippen LogP contribution in [0.2, 0.25) is 0 Å². The molecular formula is C29H36F3N5O. The molecule has 4 rings (SSSR count). The normalized spacial score (nSPS) is 15.2. The van der Waals surface area contributed by atoms with E-state index >= 15 is 0 Å². The van der Waals surface area contributed by atoms with E-state index in [1.54, 1.807) is 11.1 Å². The van der Waals surface area contributed by atoms with Crippen molar-refractivity contribution in [3.63, 3.8) is 0 Å². The molecule has 6 nitrogen and oxygen atoms in total. The number of halogens is 3. The van der Waals surface area contributed by atoms with Crippen LogP contribution >= 0.6 is 0 Å². The first kappa shape index (κ1) is 27.7. The molecule has 1 fully saturated rings. The molecule has 3 aromatic rings. The summed E-state index contributed by atoms with van der Waals surface area (Å²) in [7, 11) is 0. The molecule has 9 heteroatoms. The number of imidazole rings is 1. The fourth-order valence-electron chi connectivity index (χ4n) is 4.59. The Morgan fingerprint density at radius 1 is 1.18 bits per heavy atom. The number of amides is 2. The van der Waals surface area contributed by atoms with Crippen LogP contribution in [0.1, 0.15) is 57.5 Å². The summed E-state index contributed by atoms with van der Waals surface area (Å²) >= 11 is 0. The minimum absolute atomic E-state index is 0.0409. The van der Waals surface area contributed by atoms with E-state index in [1.807, 2.05) is 55.7 Å². The molecule has 2 unspecified atom stereocenters. The molecular weight excluding hydrogens is 491 g/mol. The number of carbonyl (C=O) groups is 1. The van der Waals surface area contributed by atoms with E-state index in [0.29, 0.717) is 12.4 Å². The van der Waals surface area contributed by atoms with Crippen LogP contribution in [0.4, 0.5) is 18.0 Å². The molecule has 2 aromatic carbocycles. The molecule has 1 aliphatic carbocycles. The zero-order valence-electron chi connectivity index (χ0n) is 22.1. The van der Waals surface area contributed by atoms with E-state index in [-0.39, 0.29) is 36.3 Å². The molecule has 0 spiro atoms. The van der Waals surface area contributed by atoms with Crippen LogP contribution < -0.4 is 11.1 Å². The van der Waals surface area contributed by atoms with Gasteiger partial charge in [0.25, 0.3) is 0 Å². The van der Waals surface area contributed by atoms with E-state index < -0.39 is 35.8 Å². The third kappa shape index (κ3) is 6.75. The van der Waals surface area contributed by atoms with Gasteiger partial charge in [0, 0.05) is 36.9 Å². The van der Waals surface area contributed by atoms with Crippen molar-refractivity contribution in [2.24, 2.45) is 11.1 Å². The van der Waals surface area contributed by atoms with Crippen molar-refractivity contribution in [2.45, 2.75) is 64.7 Å². The van der Waals surface area contributed by atoms with Crippen molar-refractivity contribution in [3.05, 3.63) is 77.8 Å². The number of nitrogens with one attached hydrogen (secondary N) is 1. The van der Waals surface area contributed by atoms with Gasteiger partial charge in [0.15, 0.2) is 0 Å². The fourth-order valence-corrected chi connectivity index (χ4v) is 4.59. The fraction of sp³-hybridized carbons (Fsp3) is 0.448. The Morgan fingerprint density at radius 3 is 2.53 bits per heavy atom. The van der Waals surface area contributed by atoms with Gasteiger partial charge in [-0.1, -0.05) is 51.1 Å². The van der Waals surface area contributed by atoms with E-state index in [4.69, 9.17) is 10.7 Å². The van der Waals surface area contributed by atoms with Gasteiger partial charge in [-0.2, -0.15) is 0 Å². The number of aromatic nitrogens is 2. The second-order valence-corrected chi connectivity index (χ2v) is 11.1. The highest BCUT2D eigenvalue weighted by molar-refractivity contribution is 5.75. The molecule has 0 bridgehead atoms. The summed E-state index contributed by atoms with van der Waals surface area (Å²) in [6.45, 7) is 5.92. The minimum atomic E-state index is -0.701. The summed E-state index contributed by atoms with van der Waals surface area (Å²) in [4.78, 5) is 20.0. The van der Waals surface area contributed by atoms with E-state index in [0.717, 1.165) is 36.6 Å². The number of rotatable bonds is 10. The summed E-state index contributed by atoms with van der Waals surface area (Å²) in [5.74, 6) is -0.634. The number of hydrogen-bond donors (Lipinski definition) is 2. The zero-order chi connectivity index (χ0) is 27.4. The number of nitrogens with two attached hydrogens (primary N) is 1. The third-order valence-electron chi connectivity index (χ3n) is 6.69. The molecule has 0 radical (unpaired) electrons.